The van der Waals surface area contributed by atoms with E-state index in [0.29, 0.717) is 12.4 Å². The zero-order valence-corrected chi connectivity index (χ0v) is 12.6. The Kier molecular flexibility index (Phi) is 3.83. The Morgan fingerprint density at radius 2 is 1.59 bits per heavy atom. The van der Waals surface area contributed by atoms with Crippen molar-refractivity contribution >= 4 is 20.8 Å². The Bertz CT molecular complexity index is 906. The molecule has 0 atom stereocenters. The lowest BCUT2D eigenvalue weighted by Gasteiger charge is -2.08. The number of benzene rings is 3. The van der Waals surface area contributed by atoms with Crippen molar-refractivity contribution in [3.05, 3.63) is 72.3 Å². The molecule has 0 aliphatic carbocycles. The average Bonchev–Trinajstić information content (AvgIpc) is 2.52. The maximum atomic E-state index is 11.4. The Morgan fingerprint density at radius 1 is 0.864 bits per heavy atom. The first-order chi connectivity index (χ1) is 10.5. The summed E-state index contributed by atoms with van der Waals surface area (Å²) in [5.41, 5.74) is 1.07. The third-order valence-electron chi connectivity index (χ3n) is 3.36. The first-order valence-electron chi connectivity index (χ1n) is 6.76. The van der Waals surface area contributed by atoms with Crippen molar-refractivity contribution in [2.45, 2.75) is 11.5 Å². The molecule has 0 fully saturated rings. The van der Waals surface area contributed by atoms with E-state index in [0.717, 1.165) is 16.3 Å². The minimum Gasteiger partial charge on any atom is -0.489 e. The van der Waals surface area contributed by atoms with Crippen LogP contribution in [-0.2, 0) is 16.6 Å². The van der Waals surface area contributed by atoms with Crippen molar-refractivity contribution < 1.29 is 13.2 Å². The van der Waals surface area contributed by atoms with Crippen molar-refractivity contribution in [2.24, 2.45) is 5.14 Å². The molecule has 112 valence electrons. The van der Waals surface area contributed by atoms with E-state index in [9.17, 15) is 8.42 Å². The predicted octanol–water partition coefficient (Wildman–Crippen LogP) is 3.07. The maximum absolute atomic E-state index is 11.4. The van der Waals surface area contributed by atoms with E-state index in [1.165, 1.54) is 6.07 Å². The number of fused-ring (bicyclic) bond motifs is 1. The number of ether oxygens (including phenoxy) is 1. The van der Waals surface area contributed by atoms with Gasteiger partial charge < -0.3 is 4.74 Å². The van der Waals surface area contributed by atoms with Crippen LogP contribution in [-0.4, -0.2) is 8.42 Å². The van der Waals surface area contributed by atoms with Crippen molar-refractivity contribution in [1.82, 2.24) is 0 Å². The van der Waals surface area contributed by atoms with E-state index in [4.69, 9.17) is 9.88 Å². The highest BCUT2D eigenvalue weighted by Crippen LogP contribution is 2.24. The van der Waals surface area contributed by atoms with Gasteiger partial charge in [0, 0.05) is 0 Å². The van der Waals surface area contributed by atoms with Crippen LogP contribution >= 0.6 is 0 Å². The molecule has 0 radical (unpaired) electrons. The van der Waals surface area contributed by atoms with Crippen LogP contribution in [0.5, 0.6) is 5.75 Å². The van der Waals surface area contributed by atoms with Crippen molar-refractivity contribution in [3.63, 3.8) is 0 Å². The molecule has 0 heterocycles. The molecule has 0 aromatic heterocycles. The second kappa shape index (κ2) is 5.79. The van der Waals surface area contributed by atoms with Crippen LogP contribution in [0.1, 0.15) is 5.56 Å². The number of sulfonamides is 1. The molecule has 3 aromatic carbocycles. The molecule has 2 N–H and O–H groups in total. The fraction of sp³-hybridized carbons (Fsp3) is 0.0588. The lowest BCUT2D eigenvalue weighted by Crippen LogP contribution is -2.11. The maximum Gasteiger partial charge on any atom is 0.238 e. The van der Waals surface area contributed by atoms with Gasteiger partial charge in [0.2, 0.25) is 10.0 Å². The van der Waals surface area contributed by atoms with Crippen LogP contribution < -0.4 is 9.88 Å². The van der Waals surface area contributed by atoms with E-state index in [1.807, 2.05) is 48.5 Å². The zero-order valence-electron chi connectivity index (χ0n) is 11.8. The summed E-state index contributed by atoms with van der Waals surface area (Å²) in [6.45, 7) is 0.460. The highest BCUT2D eigenvalue weighted by molar-refractivity contribution is 7.89. The molecule has 0 bridgehead atoms. The molecule has 0 spiro atoms. The van der Waals surface area contributed by atoms with E-state index in [2.05, 4.69) is 0 Å². The van der Waals surface area contributed by atoms with E-state index < -0.39 is 10.0 Å². The van der Waals surface area contributed by atoms with Crippen LogP contribution in [0.4, 0.5) is 0 Å². The molecule has 0 saturated heterocycles. The van der Waals surface area contributed by atoms with E-state index >= 15 is 0 Å². The standard InChI is InChI=1S/C17H15NO3S/c18-22(19,20)17-9-7-14-6-8-16(10-15(14)11-17)21-12-13-4-2-1-3-5-13/h1-11H,12H2,(H2,18,19,20). The van der Waals surface area contributed by atoms with Gasteiger partial charge in [-0.3, -0.25) is 0 Å². The summed E-state index contributed by atoms with van der Waals surface area (Å²) in [5.74, 6) is 0.683. The van der Waals surface area contributed by atoms with E-state index in [-0.39, 0.29) is 4.90 Å². The average molecular weight is 313 g/mol. The summed E-state index contributed by atoms with van der Waals surface area (Å²) in [4.78, 5) is 0.0974. The lowest BCUT2D eigenvalue weighted by atomic mass is 10.1. The van der Waals surface area contributed by atoms with Gasteiger partial charge in [-0.15, -0.1) is 0 Å². The minimum atomic E-state index is -3.70. The molecular formula is C17H15NO3S. The molecule has 3 rings (SSSR count). The molecule has 4 nitrogen and oxygen atoms in total. The van der Waals surface area contributed by atoms with Crippen LogP contribution in [0.3, 0.4) is 0 Å². The molecule has 0 aliphatic rings. The highest BCUT2D eigenvalue weighted by atomic mass is 32.2. The fourth-order valence-electron chi connectivity index (χ4n) is 2.21. The first-order valence-corrected chi connectivity index (χ1v) is 8.30. The molecule has 0 saturated carbocycles. The molecular weight excluding hydrogens is 298 g/mol. The van der Waals surface area contributed by atoms with Gasteiger partial charge in [-0.1, -0.05) is 42.5 Å². The smallest absolute Gasteiger partial charge is 0.238 e. The first kappa shape index (κ1) is 14.6. The molecule has 0 unspecified atom stereocenters. The Labute approximate surface area is 129 Å². The lowest BCUT2D eigenvalue weighted by molar-refractivity contribution is 0.306. The third-order valence-corrected chi connectivity index (χ3v) is 4.27. The molecule has 0 aliphatic heterocycles. The monoisotopic (exact) mass is 313 g/mol. The SMILES string of the molecule is NS(=O)(=O)c1ccc2ccc(OCc3ccccc3)cc2c1. The van der Waals surface area contributed by atoms with Crippen LogP contribution in [0.25, 0.3) is 10.8 Å². The van der Waals surface area contributed by atoms with Crippen molar-refractivity contribution in [1.29, 1.82) is 0 Å². The molecule has 3 aromatic rings. The Hall–Kier alpha value is -2.37. The van der Waals surface area contributed by atoms with Gasteiger partial charge in [0.1, 0.15) is 12.4 Å². The highest BCUT2D eigenvalue weighted by Gasteiger charge is 2.08. The minimum absolute atomic E-state index is 0.0974. The van der Waals surface area contributed by atoms with Crippen molar-refractivity contribution in [3.8, 4) is 5.75 Å². The largest absolute Gasteiger partial charge is 0.489 e. The normalized spacial score (nSPS) is 11.5. The van der Waals surface area contributed by atoms with Crippen LogP contribution in [0.2, 0.25) is 0 Å². The van der Waals surface area contributed by atoms with E-state index in [1.54, 1.807) is 12.1 Å². The van der Waals surface area contributed by atoms with Gasteiger partial charge in [-0.25, -0.2) is 13.6 Å². The second-order valence-corrected chi connectivity index (χ2v) is 6.55. The summed E-state index contributed by atoms with van der Waals surface area (Å²) in [7, 11) is -3.70. The topological polar surface area (TPSA) is 69.4 Å². The van der Waals surface area contributed by atoms with Gasteiger partial charge in [0.05, 0.1) is 4.90 Å². The van der Waals surface area contributed by atoms with Crippen molar-refractivity contribution in [2.75, 3.05) is 0 Å². The summed E-state index contributed by atoms with van der Waals surface area (Å²) < 4.78 is 28.6. The number of hydrogen-bond acceptors (Lipinski definition) is 3. The quantitative estimate of drug-likeness (QED) is 0.805. The predicted molar refractivity (Wildman–Crippen MR) is 86.1 cm³/mol. The molecule has 5 heteroatoms. The van der Waals surface area contributed by atoms with Gasteiger partial charge >= 0.3 is 0 Å². The summed E-state index contributed by atoms with van der Waals surface area (Å²) in [6.07, 6.45) is 0. The Balaban J connectivity index is 1.88. The fourth-order valence-corrected chi connectivity index (χ4v) is 2.76. The second-order valence-electron chi connectivity index (χ2n) is 4.99. The number of hydrogen-bond donors (Lipinski definition) is 1. The summed E-state index contributed by atoms with van der Waals surface area (Å²) in [5, 5.41) is 6.87. The number of rotatable bonds is 4. The third kappa shape index (κ3) is 3.27. The summed E-state index contributed by atoms with van der Waals surface area (Å²) in [6, 6.07) is 20.2. The molecule has 22 heavy (non-hydrogen) atoms. The molecule has 0 amide bonds. The zero-order chi connectivity index (χ0) is 15.6. The summed E-state index contributed by atoms with van der Waals surface area (Å²) >= 11 is 0. The number of primary sulfonamides is 1. The number of nitrogens with two attached hydrogens (primary N) is 1. The van der Waals surface area contributed by atoms with Gasteiger partial charge in [-0.05, 0) is 40.6 Å². The van der Waals surface area contributed by atoms with Crippen LogP contribution in [0, 0.1) is 0 Å². The van der Waals surface area contributed by atoms with Gasteiger partial charge in [-0.2, -0.15) is 0 Å². The van der Waals surface area contributed by atoms with Crippen LogP contribution in [0.15, 0.2) is 71.6 Å². The van der Waals surface area contributed by atoms with Gasteiger partial charge in [0.25, 0.3) is 0 Å². The van der Waals surface area contributed by atoms with Gasteiger partial charge in [0.15, 0.2) is 0 Å². The Morgan fingerprint density at radius 3 is 2.32 bits per heavy atom.